The van der Waals surface area contributed by atoms with Crippen molar-refractivity contribution in [2.75, 3.05) is 0 Å². The van der Waals surface area contributed by atoms with E-state index in [4.69, 9.17) is 0 Å². The molecule has 1 heteroatoms. The molecular weight excluding hydrogens is 272 g/mol. The average Bonchev–Trinajstić information content (AvgIpc) is 2.70. The fourth-order valence-electron chi connectivity index (χ4n) is 2.49. The first-order chi connectivity index (χ1) is 8.27. The van der Waals surface area contributed by atoms with Crippen LogP contribution < -0.4 is 0 Å². The van der Waals surface area contributed by atoms with Crippen molar-refractivity contribution in [1.82, 2.24) is 0 Å². The Bertz CT molecular complexity index is 582. The molecule has 0 nitrogen and oxygen atoms in total. The predicted octanol–water partition coefficient (Wildman–Crippen LogP) is 5.00. The second-order valence-electron chi connectivity index (χ2n) is 4.44. The summed E-state index contributed by atoms with van der Waals surface area (Å²) in [6.45, 7) is 2.25. The quantitative estimate of drug-likeness (QED) is 0.691. The number of hydrogen-bond acceptors (Lipinski definition) is 0. The lowest BCUT2D eigenvalue weighted by Crippen LogP contribution is -1.89. The van der Waals surface area contributed by atoms with Crippen molar-refractivity contribution in [3.8, 4) is 0 Å². The number of allylic oxidation sites excluding steroid dienone is 1. The van der Waals surface area contributed by atoms with Gasteiger partial charge in [0.05, 0.1) is 0 Å². The van der Waals surface area contributed by atoms with Crippen LogP contribution in [0, 0.1) is 0 Å². The van der Waals surface area contributed by atoms with E-state index in [9.17, 15) is 0 Å². The first-order valence-corrected chi connectivity index (χ1v) is 6.62. The normalized spacial score (nSPS) is 17.8. The summed E-state index contributed by atoms with van der Waals surface area (Å²) in [4.78, 5) is 0. The van der Waals surface area contributed by atoms with E-state index in [0.717, 1.165) is 0 Å². The molecule has 3 rings (SSSR count). The lowest BCUT2D eigenvalue weighted by atomic mass is 9.98. The van der Waals surface area contributed by atoms with Gasteiger partial charge in [-0.25, -0.2) is 0 Å². The minimum absolute atomic E-state index is 0.498. The number of hydrogen-bond donors (Lipinski definition) is 0. The molecule has 0 amide bonds. The highest BCUT2D eigenvalue weighted by molar-refractivity contribution is 9.10. The van der Waals surface area contributed by atoms with Crippen molar-refractivity contribution < 1.29 is 0 Å². The Labute approximate surface area is 110 Å². The molecule has 0 saturated carbocycles. The van der Waals surface area contributed by atoms with Crippen molar-refractivity contribution in [2.45, 2.75) is 12.8 Å². The van der Waals surface area contributed by atoms with Crippen molar-refractivity contribution >= 4 is 21.5 Å². The molecule has 1 aliphatic rings. The van der Waals surface area contributed by atoms with Gasteiger partial charge in [-0.3, -0.25) is 0 Å². The van der Waals surface area contributed by atoms with Crippen molar-refractivity contribution in [1.29, 1.82) is 0 Å². The summed E-state index contributed by atoms with van der Waals surface area (Å²) >= 11 is 3.67. The Morgan fingerprint density at radius 3 is 2.47 bits per heavy atom. The number of rotatable bonds is 1. The maximum atomic E-state index is 3.67. The summed E-state index contributed by atoms with van der Waals surface area (Å²) in [5, 5.41) is 0. The minimum atomic E-state index is 0.498. The summed E-state index contributed by atoms with van der Waals surface area (Å²) in [6, 6.07) is 17.0. The Hall–Kier alpha value is -1.34. The van der Waals surface area contributed by atoms with Crippen LogP contribution in [0.2, 0.25) is 0 Å². The smallest absolute Gasteiger partial charge is 0.0256 e. The summed E-state index contributed by atoms with van der Waals surface area (Å²) in [6.07, 6.45) is 2.35. The van der Waals surface area contributed by atoms with Crippen LogP contribution in [0.25, 0.3) is 5.57 Å². The molecular formula is C16H13Br. The minimum Gasteiger partial charge on any atom is -0.0687 e. The molecule has 0 N–H and O–H groups in total. The predicted molar refractivity (Wildman–Crippen MR) is 76.1 cm³/mol. The first-order valence-electron chi connectivity index (χ1n) is 5.83. The maximum absolute atomic E-state index is 3.67. The number of fused-ring (bicyclic) bond motifs is 1. The summed E-state index contributed by atoms with van der Waals surface area (Å²) < 4.78 is 1.19. The van der Waals surface area contributed by atoms with Gasteiger partial charge < -0.3 is 0 Å². The lowest BCUT2D eigenvalue weighted by molar-refractivity contribution is 0.989. The average molecular weight is 285 g/mol. The van der Waals surface area contributed by atoms with E-state index in [0.29, 0.717) is 5.92 Å². The SMILES string of the molecule is CC1C=C(c2ccccc2)c2c(Br)cccc21. The van der Waals surface area contributed by atoms with Crippen LogP contribution in [0.3, 0.4) is 0 Å². The van der Waals surface area contributed by atoms with Gasteiger partial charge in [-0.1, -0.05) is 71.4 Å². The zero-order valence-corrected chi connectivity index (χ0v) is 11.2. The third-order valence-electron chi connectivity index (χ3n) is 3.31. The molecule has 0 bridgehead atoms. The van der Waals surface area contributed by atoms with Gasteiger partial charge in [0, 0.05) is 10.4 Å². The topological polar surface area (TPSA) is 0 Å². The van der Waals surface area contributed by atoms with Gasteiger partial charge in [0.1, 0.15) is 0 Å². The van der Waals surface area contributed by atoms with Gasteiger partial charge in [-0.2, -0.15) is 0 Å². The molecule has 2 aromatic carbocycles. The third-order valence-corrected chi connectivity index (χ3v) is 3.97. The molecule has 17 heavy (non-hydrogen) atoms. The highest BCUT2D eigenvalue weighted by Crippen LogP contribution is 2.42. The monoisotopic (exact) mass is 284 g/mol. The van der Waals surface area contributed by atoms with E-state index in [2.05, 4.69) is 77.5 Å². The maximum Gasteiger partial charge on any atom is 0.0256 e. The second-order valence-corrected chi connectivity index (χ2v) is 5.29. The van der Waals surface area contributed by atoms with Gasteiger partial charge in [0.2, 0.25) is 0 Å². The summed E-state index contributed by atoms with van der Waals surface area (Å²) in [5.41, 5.74) is 5.41. The molecule has 1 aliphatic carbocycles. The molecule has 1 atom stereocenters. The van der Waals surface area contributed by atoms with E-state index >= 15 is 0 Å². The van der Waals surface area contributed by atoms with Gasteiger partial charge in [-0.05, 0) is 28.3 Å². The molecule has 0 aliphatic heterocycles. The van der Waals surface area contributed by atoms with E-state index in [1.54, 1.807) is 0 Å². The van der Waals surface area contributed by atoms with Crippen LogP contribution >= 0.6 is 15.9 Å². The fraction of sp³-hybridized carbons (Fsp3) is 0.125. The fourth-order valence-corrected chi connectivity index (χ4v) is 3.08. The third kappa shape index (κ3) is 1.75. The van der Waals surface area contributed by atoms with Crippen LogP contribution in [0.15, 0.2) is 59.1 Å². The number of halogens is 1. The van der Waals surface area contributed by atoms with Crippen molar-refractivity contribution in [2.24, 2.45) is 0 Å². The zero-order valence-electron chi connectivity index (χ0n) is 9.65. The standard InChI is InChI=1S/C16H13Br/c1-11-10-14(12-6-3-2-4-7-12)16-13(11)8-5-9-15(16)17/h2-11H,1H3. The molecule has 0 radical (unpaired) electrons. The van der Waals surface area contributed by atoms with Crippen LogP contribution in [0.5, 0.6) is 0 Å². The lowest BCUT2D eigenvalue weighted by Gasteiger charge is -2.09. The molecule has 0 aromatic heterocycles. The van der Waals surface area contributed by atoms with Crippen LogP contribution in [0.4, 0.5) is 0 Å². The van der Waals surface area contributed by atoms with Gasteiger partial charge >= 0.3 is 0 Å². The molecule has 0 saturated heterocycles. The van der Waals surface area contributed by atoms with Gasteiger partial charge in [-0.15, -0.1) is 0 Å². The Morgan fingerprint density at radius 1 is 0.941 bits per heavy atom. The van der Waals surface area contributed by atoms with Crippen LogP contribution in [-0.4, -0.2) is 0 Å². The molecule has 2 aromatic rings. The van der Waals surface area contributed by atoms with Crippen molar-refractivity contribution in [3.63, 3.8) is 0 Å². The van der Waals surface area contributed by atoms with E-state index in [-0.39, 0.29) is 0 Å². The largest absolute Gasteiger partial charge is 0.0687 e. The number of benzene rings is 2. The molecule has 84 valence electrons. The molecule has 0 spiro atoms. The highest BCUT2D eigenvalue weighted by atomic mass is 79.9. The van der Waals surface area contributed by atoms with Crippen LogP contribution in [0.1, 0.15) is 29.5 Å². The molecule has 0 heterocycles. The molecule has 1 unspecified atom stereocenters. The molecule has 0 fully saturated rings. The van der Waals surface area contributed by atoms with Crippen LogP contribution in [-0.2, 0) is 0 Å². The Morgan fingerprint density at radius 2 is 1.71 bits per heavy atom. The van der Waals surface area contributed by atoms with Gasteiger partial charge in [0.25, 0.3) is 0 Å². The van der Waals surface area contributed by atoms with Gasteiger partial charge in [0.15, 0.2) is 0 Å². The summed E-state index contributed by atoms with van der Waals surface area (Å²) in [7, 11) is 0. The highest BCUT2D eigenvalue weighted by Gasteiger charge is 2.22. The Kier molecular flexibility index (Phi) is 2.64. The second kappa shape index (κ2) is 4.15. The van der Waals surface area contributed by atoms with Crippen molar-refractivity contribution in [3.05, 3.63) is 75.8 Å². The first kappa shape index (κ1) is 10.8. The Balaban J connectivity index is 2.20. The van der Waals surface area contributed by atoms with E-state index in [1.807, 2.05) is 0 Å². The van der Waals surface area contributed by atoms with E-state index < -0.39 is 0 Å². The zero-order chi connectivity index (χ0) is 11.8. The van der Waals surface area contributed by atoms with E-state index in [1.165, 1.54) is 26.7 Å². The summed E-state index contributed by atoms with van der Waals surface area (Å²) in [5.74, 6) is 0.498.